The molecule has 0 heterocycles. The summed E-state index contributed by atoms with van der Waals surface area (Å²) >= 11 is 0. The Kier molecular flexibility index (Phi) is 6.96. The molecule has 0 saturated carbocycles. The van der Waals surface area contributed by atoms with Crippen LogP contribution in [-0.4, -0.2) is 35.0 Å². The fraction of sp³-hybridized carbons (Fsp3) is 0.333. The Morgan fingerprint density at radius 1 is 0.963 bits per heavy atom. The quantitative estimate of drug-likeness (QED) is 0.599. The molecule has 27 heavy (non-hydrogen) atoms. The maximum atomic E-state index is 12.2. The third-order valence-corrected chi connectivity index (χ3v) is 4.11. The van der Waals surface area contributed by atoms with Crippen LogP contribution in [0.25, 0.3) is 11.1 Å². The van der Waals surface area contributed by atoms with Gasteiger partial charge in [-0.25, -0.2) is 0 Å². The predicted octanol–water partition coefficient (Wildman–Crippen LogP) is 1.96. The maximum Gasteiger partial charge on any atom is 0.242 e. The Morgan fingerprint density at radius 3 is 2.22 bits per heavy atom. The zero-order valence-corrected chi connectivity index (χ0v) is 15.9. The standard InChI is InChI=1S/C21H27N3O3/c1-13(2)23-20(26)14(3)24-21(27)19(22)11-15-7-9-16(10-8-15)17-5-4-6-18(25)12-17/h4-10,12-14,19,25H,11,22H2,1-3H3,(H,23,26)(H,24,27)/t14-,19-/m0/s1. The Labute approximate surface area is 159 Å². The van der Waals surface area contributed by atoms with E-state index in [1.807, 2.05) is 44.2 Å². The lowest BCUT2D eigenvalue weighted by atomic mass is 10.0. The van der Waals surface area contributed by atoms with Gasteiger partial charge in [-0.15, -0.1) is 0 Å². The van der Waals surface area contributed by atoms with Crippen LogP contribution >= 0.6 is 0 Å². The molecule has 2 amide bonds. The van der Waals surface area contributed by atoms with Gasteiger partial charge in [0.2, 0.25) is 11.8 Å². The van der Waals surface area contributed by atoms with Crippen LogP contribution in [0.2, 0.25) is 0 Å². The van der Waals surface area contributed by atoms with Gasteiger partial charge in [0.05, 0.1) is 6.04 Å². The average Bonchev–Trinajstić information content (AvgIpc) is 2.61. The molecule has 0 fully saturated rings. The van der Waals surface area contributed by atoms with E-state index in [1.165, 1.54) is 0 Å². The third-order valence-electron chi connectivity index (χ3n) is 4.11. The van der Waals surface area contributed by atoms with Crippen LogP contribution in [0.3, 0.4) is 0 Å². The summed E-state index contributed by atoms with van der Waals surface area (Å²) in [6, 6.07) is 13.3. The number of aromatic hydroxyl groups is 1. The van der Waals surface area contributed by atoms with Crippen molar-refractivity contribution in [3.8, 4) is 16.9 Å². The third kappa shape index (κ3) is 6.11. The van der Waals surface area contributed by atoms with Crippen LogP contribution in [0.5, 0.6) is 5.75 Å². The van der Waals surface area contributed by atoms with Crippen molar-refractivity contribution in [2.45, 2.75) is 45.3 Å². The fourth-order valence-corrected chi connectivity index (χ4v) is 2.66. The highest BCUT2D eigenvalue weighted by atomic mass is 16.3. The Balaban J connectivity index is 1.94. The summed E-state index contributed by atoms with van der Waals surface area (Å²) in [5, 5.41) is 15.0. The minimum absolute atomic E-state index is 0.00978. The van der Waals surface area contributed by atoms with Gasteiger partial charge in [-0.1, -0.05) is 36.4 Å². The zero-order valence-electron chi connectivity index (χ0n) is 15.9. The molecular formula is C21H27N3O3. The second-order valence-corrected chi connectivity index (χ2v) is 6.95. The SMILES string of the molecule is CC(C)NC(=O)[C@H](C)NC(=O)[C@@H](N)Cc1ccc(-c2cccc(O)c2)cc1. The predicted molar refractivity (Wildman–Crippen MR) is 106 cm³/mol. The van der Waals surface area contributed by atoms with Crippen molar-refractivity contribution in [1.82, 2.24) is 10.6 Å². The summed E-state index contributed by atoms with van der Waals surface area (Å²) in [6.07, 6.45) is 0.366. The molecule has 0 radical (unpaired) electrons. The molecule has 144 valence electrons. The normalized spacial score (nSPS) is 13.1. The summed E-state index contributed by atoms with van der Waals surface area (Å²) in [7, 11) is 0. The molecule has 0 saturated heterocycles. The van der Waals surface area contributed by atoms with Crippen LogP contribution in [0.4, 0.5) is 0 Å². The van der Waals surface area contributed by atoms with Gasteiger partial charge < -0.3 is 21.5 Å². The number of hydrogen-bond acceptors (Lipinski definition) is 4. The van der Waals surface area contributed by atoms with Crippen molar-refractivity contribution in [2.75, 3.05) is 0 Å². The lowest BCUT2D eigenvalue weighted by Gasteiger charge is -2.18. The van der Waals surface area contributed by atoms with Crippen LogP contribution in [0.1, 0.15) is 26.3 Å². The van der Waals surface area contributed by atoms with Crippen LogP contribution in [-0.2, 0) is 16.0 Å². The maximum absolute atomic E-state index is 12.2. The number of nitrogens with one attached hydrogen (secondary N) is 2. The largest absolute Gasteiger partial charge is 0.508 e. The van der Waals surface area contributed by atoms with Crippen molar-refractivity contribution in [3.05, 3.63) is 54.1 Å². The van der Waals surface area contributed by atoms with E-state index < -0.39 is 12.1 Å². The van der Waals surface area contributed by atoms with Gasteiger partial charge in [-0.3, -0.25) is 9.59 Å². The van der Waals surface area contributed by atoms with Gasteiger partial charge in [-0.2, -0.15) is 0 Å². The van der Waals surface area contributed by atoms with E-state index in [9.17, 15) is 14.7 Å². The van der Waals surface area contributed by atoms with E-state index in [2.05, 4.69) is 10.6 Å². The summed E-state index contributed by atoms with van der Waals surface area (Å²) in [4.78, 5) is 24.1. The lowest BCUT2D eigenvalue weighted by molar-refractivity contribution is -0.129. The monoisotopic (exact) mass is 369 g/mol. The number of phenolic OH excluding ortho intramolecular Hbond substituents is 1. The molecule has 0 bridgehead atoms. The van der Waals surface area contributed by atoms with Gasteiger partial charge >= 0.3 is 0 Å². The second kappa shape index (κ2) is 9.19. The topological polar surface area (TPSA) is 104 Å². The summed E-state index contributed by atoms with van der Waals surface area (Å²) in [6.45, 7) is 5.35. The van der Waals surface area contributed by atoms with E-state index in [4.69, 9.17) is 5.73 Å². The first-order valence-electron chi connectivity index (χ1n) is 9.01. The van der Waals surface area contributed by atoms with Crippen molar-refractivity contribution in [2.24, 2.45) is 5.73 Å². The molecule has 6 nitrogen and oxygen atoms in total. The molecule has 0 aliphatic rings. The number of carbonyl (C=O) groups excluding carboxylic acids is 2. The first kappa shape index (κ1) is 20.5. The molecule has 0 aromatic heterocycles. The highest BCUT2D eigenvalue weighted by molar-refractivity contribution is 5.89. The fourth-order valence-electron chi connectivity index (χ4n) is 2.66. The first-order valence-corrected chi connectivity index (χ1v) is 9.01. The van der Waals surface area contributed by atoms with Crippen LogP contribution in [0.15, 0.2) is 48.5 Å². The molecule has 0 aliphatic carbocycles. The second-order valence-electron chi connectivity index (χ2n) is 6.95. The van der Waals surface area contributed by atoms with Crippen molar-refractivity contribution >= 4 is 11.8 Å². The average molecular weight is 369 g/mol. The number of carbonyl (C=O) groups is 2. The number of phenols is 1. The van der Waals surface area contributed by atoms with E-state index in [0.29, 0.717) is 6.42 Å². The molecule has 5 N–H and O–H groups in total. The van der Waals surface area contributed by atoms with Crippen molar-refractivity contribution in [1.29, 1.82) is 0 Å². The molecule has 2 aromatic rings. The zero-order chi connectivity index (χ0) is 20.0. The Morgan fingerprint density at radius 2 is 1.63 bits per heavy atom. The molecule has 0 aliphatic heterocycles. The van der Waals surface area contributed by atoms with Gasteiger partial charge in [0.1, 0.15) is 11.8 Å². The molecule has 2 aromatic carbocycles. The highest BCUT2D eigenvalue weighted by Gasteiger charge is 2.20. The van der Waals surface area contributed by atoms with Gasteiger partial charge in [0.25, 0.3) is 0 Å². The van der Waals surface area contributed by atoms with Gasteiger partial charge in [0.15, 0.2) is 0 Å². The highest BCUT2D eigenvalue weighted by Crippen LogP contribution is 2.23. The first-order chi connectivity index (χ1) is 12.8. The lowest BCUT2D eigenvalue weighted by Crippen LogP contribution is -2.51. The molecule has 0 unspecified atom stereocenters. The summed E-state index contributed by atoms with van der Waals surface area (Å²) in [5.74, 6) is -0.384. The van der Waals surface area contributed by atoms with Crippen molar-refractivity contribution < 1.29 is 14.7 Å². The Hall–Kier alpha value is -2.86. The summed E-state index contributed by atoms with van der Waals surface area (Å²) in [5.41, 5.74) is 8.78. The van der Waals surface area contributed by atoms with E-state index in [-0.39, 0.29) is 23.6 Å². The molecule has 2 atom stereocenters. The van der Waals surface area contributed by atoms with Crippen LogP contribution < -0.4 is 16.4 Å². The van der Waals surface area contributed by atoms with Gasteiger partial charge in [-0.05, 0) is 56.0 Å². The van der Waals surface area contributed by atoms with E-state index >= 15 is 0 Å². The Bertz CT molecular complexity index is 788. The number of amides is 2. The molecular weight excluding hydrogens is 342 g/mol. The number of nitrogens with two attached hydrogens (primary N) is 1. The minimum atomic E-state index is -0.745. The number of benzene rings is 2. The van der Waals surface area contributed by atoms with E-state index in [0.717, 1.165) is 16.7 Å². The molecule has 6 heteroatoms. The number of hydrogen-bond donors (Lipinski definition) is 4. The van der Waals surface area contributed by atoms with Crippen LogP contribution in [0, 0.1) is 0 Å². The molecule has 2 rings (SSSR count). The smallest absolute Gasteiger partial charge is 0.242 e. The number of rotatable bonds is 7. The van der Waals surface area contributed by atoms with Gasteiger partial charge in [0, 0.05) is 6.04 Å². The molecule has 0 spiro atoms. The van der Waals surface area contributed by atoms with Crippen molar-refractivity contribution in [3.63, 3.8) is 0 Å². The summed E-state index contributed by atoms with van der Waals surface area (Å²) < 4.78 is 0. The van der Waals surface area contributed by atoms with E-state index in [1.54, 1.807) is 25.1 Å². The minimum Gasteiger partial charge on any atom is -0.508 e.